The zero-order chi connectivity index (χ0) is 13.0. The molecule has 1 heterocycles. The predicted molar refractivity (Wildman–Crippen MR) is 69.9 cm³/mol. The molecule has 0 fully saturated rings. The fourth-order valence-corrected chi connectivity index (χ4v) is 2.17. The lowest BCUT2D eigenvalue weighted by Crippen LogP contribution is -2.10. The molecule has 0 unspecified atom stereocenters. The highest BCUT2D eigenvalue weighted by atomic mass is 32.1. The topological polar surface area (TPSA) is 77.2 Å². The van der Waals surface area contributed by atoms with E-state index in [1.54, 1.807) is 30.5 Å². The maximum absolute atomic E-state index is 10.9. The number of nitrogens with zero attached hydrogens (tertiary/aromatic N) is 1. The van der Waals surface area contributed by atoms with E-state index < -0.39 is 5.91 Å². The van der Waals surface area contributed by atoms with Crippen molar-refractivity contribution in [3.8, 4) is 10.9 Å². The fraction of sp³-hybridized carbons (Fsp3) is 0.167. The monoisotopic (exact) mass is 263 g/mol. The number of primary amides is 1. The van der Waals surface area contributed by atoms with Gasteiger partial charge in [0, 0.05) is 23.2 Å². The van der Waals surface area contributed by atoms with Crippen LogP contribution in [0.25, 0.3) is 0 Å². The van der Waals surface area contributed by atoms with Gasteiger partial charge in [0.25, 0.3) is 5.19 Å². The summed E-state index contributed by atoms with van der Waals surface area (Å²) in [4.78, 5) is 16.2. The van der Waals surface area contributed by atoms with E-state index in [-0.39, 0.29) is 0 Å². The minimum atomic E-state index is -0.452. The minimum Gasteiger partial charge on any atom is -0.431 e. The van der Waals surface area contributed by atoms with Gasteiger partial charge >= 0.3 is 0 Å². The summed E-state index contributed by atoms with van der Waals surface area (Å²) in [5, 5.41) is 3.62. The molecule has 0 aliphatic heterocycles. The van der Waals surface area contributed by atoms with Crippen LogP contribution >= 0.6 is 11.3 Å². The molecule has 6 heteroatoms. The number of nitrogens with one attached hydrogen (secondary N) is 1. The summed E-state index contributed by atoms with van der Waals surface area (Å²) in [6.45, 7) is 0.766. The summed E-state index contributed by atoms with van der Waals surface area (Å²) < 4.78 is 5.57. The van der Waals surface area contributed by atoms with E-state index >= 15 is 0 Å². The Balaban J connectivity index is 2.06. The normalized spacial score (nSPS) is 10.3. The average Bonchev–Trinajstić information content (AvgIpc) is 2.78. The summed E-state index contributed by atoms with van der Waals surface area (Å²) in [5.41, 5.74) is 5.61. The lowest BCUT2D eigenvalue weighted by atomic mass is 10.2. The van der Waals surface area contributed by atoms with Crippen LogP contribution in [0.2, 0.25) is 0 Å². The van der Waals surface area contributed by atoms with E-state index in [2.05, 4.69) is 10.3 Å². The molecule has 2 rings (SSSR count). The second kappa shape index (κ2) is 5.61. The molecule has 2 aromatic rings. The van der Waals surface area contributed by atoms with Crippen molar-refractivity contribution in [1.82, 2.24) is 10.3 Å². The number of hydrogen-bond acceptors (Lipinski definition) is 5. The molecule has 0 aliphatic carbocycles. The van der Waals surface area contributed by atoms with Crippen molar-refractivity contribution < 1.29 is 9.53 Å². The van der Waals surface area contributed by atoms with Crippen molar-refractivity contribution in [2.75, 3.05) is 7.05 Å². The van der Waals surface area contributed by atoms with Crippen LogP contribution in [0.3, 0.4) is 0 Å². The van der Waals surface area contributed by atoms with Crippen molar-refractivity contribution in [2.24, 2.45) is 5.73 Å². The molecule has 1 amide bonds. The van der Waals surface area contributed by atoms with Gasteiger partial charge in [0.05, 0.1) is 0 Å². The molecule has 0 aliphatic rings. The van der Waals surface area contributed by atoms with E-state index in [1.807, 2.05) is 7.05 Å². The number of aromatic nitrogens is 1. The molecule has 94 valence electrons. The van der Waals surface area contributed by atoms with Crippen LogP contribution in [0.1, 0.15) is 15.2 Å². The number of carbonyl (C=O) groups is 1. The number of benzene rings is 1. The van der Waals surface area contributed by atoms with Gasteiger partial charge in [0.1, 0.15) is 5.75 Å². The van der Waals surface area contributed by atoms with Gasteiger partial charge in [-0.25, -0.2) is 4.98 Å². The first-order valence-electron chi connectivity index (χ1n) is 5.36. The highest BCUT2D eigenvalue weighted by molar-refractivity contribution is 7.13. The number of carbonyl (C=O) groups excluding carboxylic acids is 1. The van der Waals surface area contributed by atoms with E-state index in [0.717, 1.165) is 11.4 Å². The van der Waals surface area contributed by atoms with Gasteiger partial charge in [0.2, 0.25) is 5.91 Å². The summed E-state index contributed by atoms with van der Waals surface area (Å²) in [6, 6.07) is 6.64. The Morgan fingerprint density at radius 1 is 1.44 bits per heavy atom. The van der Waals surface area contributed by atoms with Crippen LogP contribution in [0.4, 0.5) is 0 Å². The second-order valence-corrected chi connectivity index (χ2v) is 4.69. The van der Waals surface area contributed by atoms with Crippen molar-refractivity contribution in [1.29, 1.82) is 0 Å². The van der Waals surface area contributed by atoms with Crippen molar-refractivity contribution in [3.05, 3.63) is 40.9 Å². The van der Waals surface area contributed by atoms with Gasteiger partial charge in [-0.1, -0.05) is 11.3 Å². The maximum atomic E-state index is 10.9. The number of amides is 1. The van der Waals surface area contributed by atoms with Crippen LogP contribution in [0.5, 0.6) is 10.9 Å². The Kier molecular flexibility index (Phi) is 3.91. The first-order valence-corrected chi connectivity index (χ1v) is 6.17. The van der Waals surface area contributed by atoms with Gasteiger partial charge in [-0.05, 0) is 31.3 Å². The Bertz CT molecular complexity index is 537. The molecule has 3 N–H and O–H groups in total. The minimum absolute atomic E-state index is 0.452. The van der Waals surface area contributed by atoms with Crippen LogP contribution in [-0.4, -0.2) is 17.9 Å². The molecule has 0 saturated carbocycles. The quantitative estimate of drug-likeness (QED) is 0.861. The largest absolute Gasteiger partial charge is 0.431 e. The molecule has 18 heavy (non-hydrogen) atoms. The molecule has 0 saturated heterocycles. The smallest absolute Gasteiger partial charge is 0.278 e. The molecular formula is C12H13N3O2S. The van der Waals surface area contributed by atoms with Crippen LogP contribution < -0.4 is 15.8 Å². The third-order valence-electron chi connectivity index (χ3n) is 2.23. The van der Waals surface area contributed by atoms with Crippen LogP contribution in [-0.2, 0) is 6.54 Å². The standard InChI is InChI=1S/C12H13N3O2S/c1-14-6-10-7-15-12(18-10)17-9-4-2-8(3-5-9)11(13)16/h2-5,7,14H,6H2,1H3,(H2,13,16). The summed E-state index contributed by atoms with van der Waals surface area (Å²) in [5.74, 6) is 0.178. The Hall–Kier alpha value is -1.92. The van der Waals surface area contributed by atoms with Gasteiger partial charge < -0.3 is 15.8 Å². The SMILES string of the molecule is CNCc1cnc(Oc2ccc(C(N)=O)cc2)s1. The number of ether oxygens (including phenoxy) is 1. The first-order chi connectivity index (χ1) is 8.69. The zero-order valence-corrected chi connectivity index (χ0v) is 10.7. The van der Waals surface area contributed by atoms with Gasteiger partial charge in [-0.15, -0.1) is 0 Å². The Labute approximate surface area is 109 Å². The van der Waals surface area contributed by atoms with Gasteiger partial charge in [-0.2, -0.15) is 0 Å². The number of hydrogen-bond donors (Lipinski definition) is 2. The maximum Gasteiger partial charge on any atom is 0.278 e. The van der Waals surface area contributed by atoms with Gasteiger partial charge in [-0.3, -0.25) is 4.79 Å². The average molecular weight is 263 g/mol. The highest BCUT2D eigenvalue weighted by Crippen LogP contribution is 2.26. The number of rotatable bonds is 5. The number of nitrogens with two attached hydrogens (primary N) is 1. The summed E-state index contributed by atoms with van der Waals surface area (Å²) in [6.07, 6.45) is 1.77. The fourth-order valence-electron chi connectivity index (χ4n) is 1.38. The van der Waals surface area contributed by atoms with Crippen molar-refractivity contribution in [3.63, 3.8) is 0 Å². The molecule has 0 bridgehead atoms. The lowest BCUT2D eigenvalue weighted by molar-refractivity contribution is 0.100. The Morgan fingerprint density at radius 2 is 2.17 bits per heavy atom. The van der Waals surface area contributed by atoms with E-state index in [0.29, 0.717) is 16.5 Å². The van der Waals surface area contributed by atoms with Crippen LogP contribution in [0, 0.1) is 0 Å². The number of thiazole rings is 1. The van der Waals surface area contributed by atoms with Crippen molar-refractivity contribution >= 4 is 17.2 Å². The van der Waals surface area contributed by atoms with E-state index in [9.17, 15) is 4.79 Å². The predicted octanol–water partition coefficient (Wildman–Crippen LogP) is 1.75. The third-order valence-corrected chi connectivity index (χ3v) is 3.10. The molecule has 1 aromatic carbocycles. The molecule has 0 atom stereocenters. The van der Waals surface area contributed by atoms with Gasteiger partial charge in [0.15, 0.2) is 0 Å². The molecule has 5 nitrogen and oxygen atoms in total. The Morgan fingerprint density at radius 3 is 2.78 bits per heavy atom. The zero-order valence-electron chi connectivity index (χ0n) is 9.84. The van der Waals surface area contributed by atoms with Crippen LogP contribution in [0.15, 0.2) is 30.5 Å². The van der Waals surface area contributed by atoms with E-state index in [1.165, 1.54) is 11.3 Å². The molecular weight excluding hydrogens is 250 g/mol. The molecule has 0 radical (unpaired) electrons. The summed E-state index contributed by atoms with van der Waals surface area (Å²) >= 11 is 1.48. The third kappa shape index (κ3) is 3.06. The molecule has 0 spiro atoms. The highest BCUT2D eigenvalue weighted by Gasteiger charge is 2.05. The first kappa shape index (κ1) is 12.5. The second-order valence-electron chi connectivity index (χ2n) is 3.61. The summed E-state index contributed by atoms with van der Waals surface area (Å²) in [7, 11) is 1.88. The van der Waals surface area contributed by atoms with E-state index in [4.69, 9.17) is 10.5 Å². The molecule has 1 aromatic heterocycles. The van der Waals surface area contributed by atoms with Crippen molar-refractivity contribution in [2.45, 2.75) is 6.54 Å². The lowest BCUT2D eigenvalue weighted by Gasteiger charge is -2.01.